The van der Waals surface area contributed by atoms with Gasteiger partial charge in [0.2, 0.25) is 0 Å². The summed E-state index contributed by atoms with van der Waals surface area (Å²) >= 11 is 1.54. The van der Waals surface area contributed by atoms with Crippen LogP contribution < -0.4 is 10.5 Å². The van der Waals surface area contributed by atoms with Crippen molar-refractivity contribution in [2.24, 2.45) is 5.73 Å². The van der Waals surface area contributed by atoms with Gasteiger partial charge in [0.15, 0.2) is 0 Å². The van der Waals surface area contributed by atoms with Crippen LogP contribution in [-0.4, -0.2) is 40.2 Å². The van der Waals surface area contributed by atoms with Gasteiger partial charge in [0.05, 0.1) is 10.2 Å². The highest BCUT2D eigenvalue weighted by molar-refractivity contribution is 7.20. The maximum absolute atomic E-state index is 10.9. The van der Waals surface area contributed by atoms with Crippen molar-refractivity contribution in [3.05, 3.63) is 54.2 Å². The SMILES string of the molecule is NC(=O)OC1CCN(Cc2cc3ccc(Oc4nc5ccccc5s4)cc3[nH]2)CC1. The number of primary amides is 1. The molecule has 1 aliphatic heterocycles. The molecule has 1 amide bonds. The van der Waals surface area contributed by atoms with Gasteiger partial charge in [0.1, 0.15) is 11.9 Å². The van der Waals surface area contributed by atoms with Crippen LogP contribution in [0.3, 0.4) is 0 Å². The number of nitrogens with one attached hydrogen (secondary N) is 1. The molecular weight excluding hydrogens is 400 g/mol. The summed E-state index contributed by atoms with van der Waals surface area (Å²) in [5.41, 5.74) is 8.25. The molecule has 0 bridgehead atoms. The van der Waals surface area contributed by atoms with Gasteiger partial charge in [-0.3, -0.25) is 4.90 Å². The molecule has 0 unspecified atom stereocenters. The Labute approximate surface area is 177 Å². The fourth-order valence-electron chi connectivity index (χ4n) is 3.90. The van der Waals surface area contributed by atoms with Crippen molar-refractivity contribution in [3.8, 4) is 10.9 Å². The highest BCUT2D eigenvalue weighted by Gasteiger charge is 2.22. The standard InChI is InChI=1S/C22H22N4O3S/c23-21(27)28-16-7-9-26(10-8-16)13-15-11-14-5-6-17(12-19(14)24-15)29-22-25-18-3-1-2-4-20(18)30-22/h1-6,11-12,16,24H,7-10,13H2,(H2,23,27). The summed E-state index contributed by atoms with van der Waals surface area (Å²) in [7, 11) is 0. The number of carbonyl (C=O) groups excluding carboxylic acids is 1. The monoisotopic (exact) mass is 422 g/mol. The highest BCUT2D eigenvalue weighted by atomic mass is 32.1. The molecule has 8 heteroatoms. The van der Waals surface area contributed by atoms with E-state index in [1.54, 1.807) is 11.3 Å². The molecule has 2 aromatic carbocycles. The maximum Gasteiger partial charge on any atom is 0.404 e. The van der Waals surface area contributed by atoms with Crippen LogP contribution in [0.5, 0.6) is 10.9 Å². The van der Waals surface area contributed by atoms with Gasteiger partial charge in [-0.1, -0.05) is 23.5 Å². The van der Waals surface area contributed by atoms with Crippen LogP contribution >= 0.6 is 11.3 Å². The molecule has 3 N–H and O–H groups in total. The molecule has 0 spiro atoms. The minimum atomic E-state index is -0.687. The van der Waals surface area contributed by atoms with Crippen LogP contribution in [0.25, 0.3) is 21.1 Å². The van der Waals surface area contributed by atoms with Crippen molar-refractivity contribution in [1.82, 2.24) is 14.9 Å². The van der Waals surface area contributed by atoms with Crippen LogP contribution in [0, 0.1) is 0 Å². The van der Waals surface area contributed by atoms with E-state index in [0.717, 1.165) is 65.0 Å². The number of aromatic amines is 1. The number of amides is 1. The van der Waals surface area contributed by atoms with E-state index in [-0.39, 0.29) is 6.10 Å². The Bertz CT molecular complexity index is 1160. The third-order valence-electron chi connectivity index (χ3n) is 5.34. The van der Waals surface area contributed by atoms with Crippen molar-refractivity contribution < 1.29 is 14.3 Å². The first-order chi connectivity index (χ1) is 14.6. The van der Waals surface area contributed by atoms with E-state index >= 15 is 0 Å². The Hall–Kier alpha value is -3.10. The molecule has 0 aliphatic carbocycles. The number of nitrogens with two attached hydrogens (primary N) is 1. The molecule has 7 nitrogen and oxygen atoms in total. The highest BCUT2D eigenvalue weighted by Crippen LogP contribution is 2.32. The number of hydrogen-bond donors (Lipinski definition) is 2. The zero-order chi connectivity index (χ0) is 20.5. The van der Waals surface area contributed by atoms with Gasteiger partial charge in [0.25, 0.3) is 5.19 Å². The predicted molar refractivity (Wildman–Crippen MR) is 117 cm³/mol. The number of rotatable bonds is 5. The lowest BCUT2D eigenvalue weighted by atomic mass is 10.1. The number of thiazole rings is 1. The summed E-state index contributed by atoms with van der Waals surface area (Å²) in [6, 6.07) is 16.2. The van der Waals surface area contributed by atoms with Crippen molar-refractivity contribution in [1.29, 1.82) is 0 Å². The summed E-state index contributed by atoms with van der Waals surface area (Å²) in [4.78, 5) is 21.3. The van der Waals surface area contributed by atoms with E-state index in [9.17, 15) is 4.79 Å². The normalized spacial score (nSPS) is 15.6. The lowest BCUT2D eigenvalue weighted by Crippen LogP contribution is -2.38. The number of likely N-dealkylation sites (tertiary alicyclic amines) is 1. The Morgan fingerprint density at radius 2 is 2.03 bits per heavy atom. The summed E-state index contributed by atoms with van der Waals surface area (Å²) < 4.78 is 12.2. The molecular formula is C22H22N4O3S. The number of nitrogens with zero attached hydrogens (tertiary/aromatic N) is 2. The van der Waals surface area contributed by atoms with Crippen molar-refractivity contribution >= 4 is 38.5 Å². The lowest BCUT2D eigenvalue weighted by Gasteiger charge is -2.30. The first-order valence-corrected chi connectivity index (χ1v) is 10.8. The third kappa shape index (κ3) is 4.10. The number of H-pyrrole nitrogens is 1. The topological polar surface area (TPSA) is 93.5 Å². The van der Waals surface area contributed by atoms with Gasteiger partial charge in [-0.25, -0.2) is 9.78 Å². The van der Waals surface area contributed by atoms with E-state index in [1.165, 1.54) is 0 Å². The van der Waals surface area contributed by atoms with Crippen molar-refractivity contribution in [3.63, 3.8) is 0 Å². The number of carbonyl (C=O) groups is 1. The number of ether oxygens (including phenoxy) is 2. The summed E-state index contributed by atoms with van der Waals surface area (Å²) in [5.74, 6) is 0.763. The van der Waals surface area contributed by atoms with Gasteiger partial charge in [-0.05, 0) is 48.6 Å². The molecule has 5 rings (SSSR count). The van der Waals surface area contributed by atoms with E-state index in [1.807, 2.05) is 36.4 Å². The van der Waals surface area contributed by atoms with Gasteiger partial charge in [-0.2, -0.15) is 0 Å². The number of para-hydroxylation sites is 1. The molecule has 0 atom stereocenters. The van der Waals surface area contributed by atoms with Gasteiger partial charge < -0.3 is 20.2 Å². The van der Waals surface area contributed by atoms with Crippen molar-refractivity contribution in [2.75, 3.05) is 13.1 Å². The molecule has 1 fully saturated rings. The fourth-order valence-corrected chi connectivity index (χ4v) is 4.74. The quantitative estimate of drug-likeness (QED) is 0.489. The Morgan fingerprint density at radius 3 is 2.83 bits per heavy atom. The summed E-state index contributed by atoms with van der Waals surface area (Å²) in [5, 5.41) is 1.79. The van der Waals surface area contributed by atoms with Crippen molar-refractivity contribution in [2.45, 2.75) is 25.5 Å². The zero-order valence-corrected chi connectivity index (χ0v) is 17.2. The average Bonchev–Trinajstić information content (AvgIpc) is 3.31. The largest absolute Gasteiger partial charge is 0.446 e. The van der Waals surface area contributed by atoms with Gasteiger partial charge >= 0.3 is 6.09 Å². The van der Waals surface area contributed by atoms with E-state index < -0.39 is 6.09 Å². The predicted octanol–water partition coefficient (Wildman–Crippen LogP) is 4.63. The number of piperidine rings is 1. The van der Waals surface area contributed by atoms with Crippen LogP contribution in [0.15, 0.2) is 48.5 Å². The Balaban J connectivity index is 1.25. The number of aromatic nitrogens is 2. The Kier molecular flexibility index (Phi) is 5.02. The number of benzene rings is 2. The van der Waals surface area contributed by atoms with Crippen LogP contribution in [-0.2, 0) is 11.3 Å². The van der Waals surface area contributed by atoms with Gasteiger partial charge in [0, 0.05) is 36.9 Å². The van der Waals surface area contributed by atoms with E-state index in [0.29, 0.717) is 5.19 Å². The molecule has 4 aromatic rings. The third-order valence-corrected chi connectivity index (χ3v) is 6.25. The molecule has 2 aromatic heterocycles. The summed E-state index contributed by atoms with van der Waals surface area (Å²) in [6.45, 7) is 2.57. The Morgan fingerprint density at radius 1 is 1.20 bits per heavy atom. The fraction of sp³-hybridized carbons (Fsp3) is 0.273. The molecule has 154 valence electrons. The van der Waals surface area contributed by atoms with Crippen LogP contribution in [0.2, 0.25) is 0 Å². The second kappa shape index (κ2) is 7.97. The maximum atomic E-state index is 10.9. The first-order valence-electron chi connectivity index (χ1n) is 9.96. The second-order valence-corrected chi connectivity index (χ2v) is 8.50. The van der Waals surface area contributed by atoms with Gasteiger partial charge in [-0.15, -0.1) is 0 Å². The molecule has 30 heavy (non-hydrogen) atoms. The van der Waals surface area contributed by atoms with E-state index in [2.05, 4.69) is 27.0 Å². The smallest absolute Gasteiger partial charge is 0.404 e. The second-order valence-electron chi connectivity index (χ2n) is 7.51. The average molecular weight is 423 g/mol. The van der Waals surface area contributed by atoms with Crippen LogP contribution in [0.1, 0.15) is 18.5 Å². The molecule has 0 saturated carbocycles. The van der Waals surface area contributed by atoms with E-state index in [4.69, 9.17) is 15.2 Å². The minimum Gasteiger partial charge on any atom is -0.446 e. The summed E-state index contributed by atoms with van der Waals surface area (Å²) in [6.07, 6.45) is 0.865. The number of hydrogen-bond acceptors (Lipinski definition) is 6. The molecule has 0 radical (unpaired) electrons. The molecule has 1 saturated heterocycles. The zero-order valence-electron chi connectivity index (χ0n) is 16.3. The number of fused-ring (bicyclic) bond motifs is 2. The minimum absolute atomic E-state index is 0.0660. The lowest BCUT2D eigenvalue weighted by molar-refractivity contribution is 0.0538. The first kappa shape index (κ1) is 18.9. The molecule has 1 aliphatic rings. The van der Waals surface area contributed by atoms with Crippen LogP contribution in [0.4, 0.5) is 4.79 Å². The molecule has 3 heterocycles.